The molecule has 1 aromatic heterocycles. The summed E-state index contributed by atoms with van der Waals surface area (Å²) >= 11 is 0. The fourth-order valence-corrected chi connectivity index (χ4v) is 3.06. The highest BCUT2D eigenvalue weighted by atomic mass is 15.3. The van der Waals surface area contributed by atoms with Crippen LogP contribution in [0.1, 0.15) is 6.42 Å². The Morgan fingerprint density at radius 1 is 1.18 bits per heavy atom. The second-order valence-electron chi connectivity index (χ2n) is 5.01. The van der Waals surface area contributed by atoms with Crippen molar-refractivity contribution in [2.24, 2.45) is 0 Å². The Morgan fingerprint density at radius 3 is 2.94 bits per heavy atom. The first-order chi connectivity index (χ1) is 8.40. The molecule has 2 aliphatic rings. The van der Waals surface area contributed by atoms with Crippen molar-refractivity contribution < 1.29 is 0 Å². The SMILES string of the molecule is c1ccc2nc(N3C[C@@H]4C[C@H]3CN4)ccc2c1. The van der Waals surface area contributed by atoms with Crippen LogP contribution in [-0.2, 0) is 0 Å². The summed E-state index contributed by atoms with van der Waals surface area (Å²) in [6.45, 7) is 2.22. The molecule has 2 saturated heterocycles. The van der Waals surface area contributed by atoms with Crippen molar-refractivity contribution in [3.05, 3.63) is 36.4 Å². The summed E-state index contributed by atoms with van der Waals surface area (Å²) < 4.78 is 0. The summed E-state index contributed by atoms with van der Waals surface area (Å²) in [5.74, 6) is 1.14. The van der Waals surface area contributed by atoms with E-state index in [0.29, 0.717) is 12.1 Å². The standard InChI is InChI=1S/C14H15N3/c1-2-4-13-10(3-1)5-6-14(16-13)17-9-11-7-12(17)8-15-11/h1-6,11-12,15H,7-9H2/t11-,12-/m0/s1. The summed E-state index contributed by atoms with van der Waals surface area (Å²) in [7, 11) is 0. The van der Waals surface area contributed by atoms with Crippen LogP contribution in [0.25, 0.3) is 10.9 Å². The van der Waals surface area contributed by atoms with Crippen LogP contribution in [0.4, 0.5) is 5.82 Å². The number of piperazine rings is 1. The van der Waals surface area contributed by atoms with E-state index in [1.807, 2.05) is 0 Å². The predicted octanol–water partition coefficient (Wildman–Crippen LogP) is 1.79. The minimum Gasteiger partial charge on any atom is -0.351 e. The number of aromatic nitrogens is 1. The van der Waals surface area contributed by atoms with Crippen molar-refractivity contribution in [2.75, 3.05) is 18.0 Å². The number of anilines is 1. The number of hydrogen-bond acceptors (Lipinski definition) is 3. The predicted molar refractivity (Wildman–Crippen MR) is 69.3 cm³/mol. The molecule has 0 amide bonds. The average Bonchev–Trinajstić information content (AvgIpc) is 3.00. The van der Waals surface area contributed by atoms with Crippen LogP contribution in [0.2, 0.25) is 0 Å². The molecule has 86 valence electrons. The van der Waals surface area contributed by atoms with E-state index in [2.05, 4.69) is 46.6 Å². The van der Waals surface area contributed by atoms with Gasteiger partial charge in [-0.05, 0) is 24.6 Å². The van der Waals surface area contributed by atoms with Crippen molar-refractivity contribution in [1.82, 2.24) is 10.3 Å². The van der Waals surface area contributed by atoms with Gasteiger partial charge in [0.2, 0.25) is 0 Å². The molecule has 0 saturated carbocycles. The van der Waals surface area contributed by atoms with Crippen molar-refractivity contribution in [3.8, 4) is 0 Å². The number of nitrogens with zero attached hydrogens (tertiary/aromatic N) is 2. The lowest BCUT2D eigenvalue weighted by molar-refractivity contribution is 0.577. The zero-order valence-electron chi connectivity index (χ0n) is 9.63. The minimum atomic E-state index is 0.647. The van der Waals surface area contributed by atoms with Gasteiger partial charge in [-0.1, -0.05) is 18.2 Å². The van der Waals surface area contributed by atoms with Gasteiger partial charge in [0.25, 0.3) is 0 Å². The third-order valence-corrected chi connectivity index (χ3v) is 3.93. The molecule has 2 aromatic rings. The molecule has 1 aromatic carbocycles. The maximum Gasteiger partial charge on any atom is 0.129 e. The molecule has 0 aliphatic carbocycles. The first-order valence-electron chi connectivity index (χ1n) is 6.26. The molecule has 4 rings (SSSR count). The van der Waals surface area contributed by atoms with E-state index in [4.69, 9.17) is 4.98 Å². The molecule has 2 aliphatic heterocycles. The summed E-state index contributed by atoms with van der Waals surface area (Å²) in [5, 5.41) is 4.74. The summed E-state index contributed by atoms with van der Waals surface area (Å²) in [4.78, 5) is 7.23. The Bertz CT molecular complexity index is 566. The summed E-state index contributed by atoms with van der Waals surface area (Å²) in [6, 6.07) is 14.0. The van der Waals surface area contributed by atoms with Gasteiger partial charge in [-0.2, -0.15) is 0 Å². The highest BCUT2D eigenvalue weighted by Gasteiger charge is 2.38. The Hall–Kier alpha value is -1.61. The maximum atomic E-state index is 4.77. The van der Waals surface area contributed by atoms with Gasteiger partial charge in [-0.25, -0.2) is 4.98 Å². The van der Waals surface area contributed by atoms with Crippen LogP contribution in [0.15, 0.2) is 36.4 Å². The topological polar surface area (TPSA) is 28.2 Å². The molecule has 17 heavy (non-hydrogen) atoms. The van der Waals surface area contributed by atoms with E-state index in [0.717, 1.165) is 24.4 Å². The van der Waals surface area contributed by atoms with Gasteiger partial charge >= 0.3 is 0 Å². The third-order valence-electron chi connectivity index (χ3n) is 3.93. The van der Waals surface area contributed by atoms with Crippen LogP contribution in [-0.4, -0.2) is 30.2 Å². The monoisotopic (exact) mass is 225 g/mol. The van der Waals surface area contributed by atoms with Gasteiger partial charge in [-0.3, -0.25) is 0 Å². The van der Waals surface area contributed by atoms with E-state index in [9.17, 15) is 0 Å². The molecule has 2 atom stereocenters. The van der Waals surface area contributed by atoms with Gasteiger partial charge in [0.15, 0.2) is 0 Å². The lowest BCUT2D eigenvalue weighted by atomic mass is 10.2. The fourth-order valence-electron chi connectivity index (χ4n) is 3.06. The highest BCUT2D eigenvalue weighted by molar-refractivity contribution is 5.80. The number of fused-ring (bicyclic) bond motifs is 3. The smallest absolute Gasteiger partial charge is 0.129 e. The van der Waals surface area contributed by atoms with E-state index >= 15 is 0 Å². The van der Waals surface area contributed by atoms with E-state index in [1.165, 1.54) is 11.8 Å². The Morgan fingerprint density at radius 2 is 2.12 bits per heavy atom. The number of hydrogen-bond donors (Lipinski definition) is 1. The van der Waals surface area contributed by atoms with Crippen molar-refractivity contribution >= 4 is 16.7 Å². The number of nitrogens with one attached hydrogen (secondary N) is 1. The molecular weight excluding hydrogens is 210 g/mol. The number of benzene rings is 1. The van der Waals surface area contributed by atoms with Crippen LogP contribution < -0.4 is 10.2 Å². The fraction of sp³-hybridized carbons (Fsp3) is 0.357. The number of para-hydroxylation sites is 1. The Labute approximate surface area is 100 Å². The molecule has 1 N–H and O–H groups in total. The van der Waals surface area contributed by atoms with Crippen molar-refractivity contribution in [2.45, 2.75) is 18.5 Å². The van der Waals surface area contributed by atoms with Crippen LogP contribution in [0.5, 0.6) is 0 Å². The molecule has 0 spiro atoms. The minimum absolute atomic E-state index is 0.647. The van der Waals surface area contributed by atoms with Gasteiger partial charge in [0.1, 0.15) is 5.82 Å². The molecule has 3 heterocycles. The van der Waals surface area contributed by atoms with Crippen molar-refractivity contribution in [1.29, 1.82) is 0 Å². The largest absolute Gasteiger partial charge is 0.351 e. The van der Waals surface area contributed by atoms with Gasteiger partial charge in [0.05, 0.1) is 5.52 Å². The average molecular weight is 225 g/mol. The number of pyridine rings is 1. The zero-order chi connectivity index (χ0) is 11.2. The molecule has 2 fully saturated rings. The third kappa shape index (κ3) is 1.42. The first kappa shape index (κ1) is 9.42. The molecule has 3 nitrogen and oxygen atoms in total. The van der Waals surface area contributed by atoms with Crippen LogP contribution in [0, 0.1) is 0 Å². The second-order valence-corrected chi connectivity index (χ2v) is 5.01. The normalized spacial score (nSPS) is 26.9. The second kappa shape index (κ2) is 3.44. The first-order valence-corrected chi connectivity index (χ1v) is 6.26. The molecule has 3 heteroatoms. The van der Waals surface area contributed by atoms with Crippen LogP contribution in [0.3, 0.4) is 0 Å². The van der Waals surface area contributed by atoms with Gasteiger partial charge < -0.3 is 10.2 Å². The molecule has 0 unspecified atom stereocenters. The lowest BCUT2D eigenvalue weighted by Gasteiger charge is -2.28. The summed E-state index contributed by atoms with van der Waals surface area (Å²) in [6.07, 6.45) is 1.27. The quantitative estimate of drug-likeness (QED) is 0.802. The molecular formula is C14H15N3. The Balaban J connectivity index is 1.76. The van der Waals surface area contributed by atoms with Gasteiger partial charge in [0, 0.05) is 30.6 Å². The van der Waals surface area contributed by atoms with Crippen LogP contribution >= 0.6 is 0 Å². The lowest BCUT2D eigenvalue weighted by Crippen LogP contribution is -2.43. The summed E-state index contributed by atoms with van der Waals surface area (Å²) in [5.41, 5.74) is 1.10. The zero-order valence-corrected chi connectivity index (χ0v) is 9.63. The highest BCUT2D eigenvalue weighted by Crippen LogP contribution is 2.29. The van der Waals surface area contributed by atoms with E-state index in [-0.39, 0.29) is 0 Å². The molecule has 2 bridgehead atoms. The molecule has 0 radical (unpaired) electrons. The Kier molecular flexibility index (Phi) is 1.91. The van der Waals surface area contributed by atoms with E-state index < -0.39 is 0 Å². The maximum absolute atomic E-state index is 4.77. The number of rotatable bonds is 1. The van der Waals surface area contributed by atoms with Gasteiger partial charge in [-0.15, -0.1) is 0 Å². The van der Waals surface area contributed by atoms with Crippen molar-refractivity contribution in [3.63, 3.8) is 0 Å². The van der Waals surface area contributed by atoms with E-state index in [1.54, 1.807) is 0 Å².